The van der Waals surface area contributed by atoms with E-state index in [0.29, 0.717) is 5.92 Å². The van der Waals surface area contributed by atoms with Crippen LogP contribution in [0.15, 0.2) is 18.2 Å². The number of ether oxygens (including phenoxy) is 1. The lowest BCUT2D eigenvalue weighted by atomic mass is 9.80. The van der Waals surface area contributed by atoms with Gasteiger partial charge < -0.3 is 9.84 Å². The van der Waals surface area contributed by atoms with E-state index in [1.807, 2.05) is 0 Å². The molecule has 0 bridgehead atoms. The Labute approximate surface area is 95.1 Å². The molecule has 16 heavy (non-hydrogen) atoms. The van der Waals surface area contributed by atoms with Gasteiger partial charge in [-0.25, -0.2) is 4.39 Å². The molecule has 1 N–H and O–H groups in total. The van der Waals surface area contributed by atoms with Gasteiger partial charge in [-0.1, -0.05) is 25.3 Å². The second-order valence-corrected chi connectivity index (χ2v) is 4.44. The van der Waals surface area contributed by atoms with Crippen LogP contribution in [0.4, 0.5) is 4.39 Å². The Morgan fingerprint density at radius 3 is 2.81 bits per heavy atom. The number of aliphatic hydroxyl groups is 1. The molecule has 88 valence electrons. The monoisotopic (exact) mass is 224 g/mol. The minimum Gasteiger partial charge on any atom is -0.494 e. The number of aliphatic hydroxyl groups excluding tert-OH is 1. The molecule has 3 heteroatoms. The van der Waals surface area contributed by atoms with Crippen molar-refractivity contribution in [2.24, 2.45) is 5.92 Å². The SMILES string of the molecule is COc1cc(C(O)CC2CCC2)ccc1F. The fourth-order valence-corrected chi connectivity index (χ4v) is 2.06. The van der Waals surface area contributed by atoms with Crippen LogP contribution >= 0.6 is 0 Å². The lowest BCUT2D eigenvalue weighted by Gasteiger charge is -2.27. The largest absolute Gasteiger partial charge is 0.494 e. The first kappa shape index (κ1) is 11.4. The van der Waals surface area contributed by atoms with Crippen molar-refractivity contribution < 1.29 is 14.2 Å². The van der Waals surface area contributed by atoms with E-state index in [1.54, 1.807) is 12.1 Å². The lowest BCUT2D eigenvalue weighted by Crippen LogP contribution is -2.14. The molecule has 1 aromatic carbocycles. The highest BCUT2D eigenvalue weighted by molar-refractivity contribution is 5.31. The zero-order valence-corrected chi connectivity index (χ0v) is 9.45. The van der Waals surface area contributed by atoms with Crippen LogP contribution < -0.4 is 4.74 Å². The third kappa shape index (κ3) is 2.35. The molecule has 1 atom stereocenters. The molecule has 0 radical (unpaired) electrons. The summed E-state index contributed by atoms with van der Waals surface area (Å²) in [6, 6.07) is 4.55. The summed E-state index contributed by atoms with van der Waals surface area (Å²) in [5.74, 6) is 0.443. The van der Waals surface area contributed by atoms with E-state index >= 15 is 0 Å². The molecule has 1 unspecified atom stereocenters. The van der Waals surface area contributed by atoms with Crippen LogP contribution in [0.3, 0.4) is 0 Å². The van der Waals surface area contributed by atoms with Crippen molar-refractivity contribution in [3.05, 3.63) is 29.6 Å². The molecule has 0 aliphatic heterocycles. The van der Waals surface area contributed by atoms with Crippen molar-refractivity contribution in [1.29, 1.82) is 0 Å². The van der Waals surface area contributed by atoms with Crippen molar-refractivity contribution in [3.8, 4) is 5.75 Å². The van der Waals surface area contributed by atoms with Gasteiger partial charge in [0.1, 0.15) is 0 Å². The molecule has 1 aliphatic carbocycles. The van der Waals surface area contributed by atoms with Gasteiger partial charge in [0.15, 0.2) is 11.6 Å². The Balaban J connectivity index is 2.06. The van der Waals surface area contributed by atoms with E-state index in [9.17, 15) is 9.50 Å². The topological polar surface area (TPSA) is 29.5 Å². The standard InChI is InChI=1S/C13H17FO2/c1-16-13-8-10(5-6-11(13)14)12(15)7-9-3-2-4-9/h5-6,8-9,12,15H,2-4,7H2,1H3. The minimum absolute atomic E-state index is 0.199. The molecule has 1 fully saturated rings. The van der Waals surface area contributed by atoms with Gasteiger partial charge in [0.05, 0.1) is 13.2 Å². The summed E-state index contributed by atoms with van der Waals surface area (Å²) in [4.78, 5) is 0. The highest BCUT2D eigenvalue weighted by Crippen LogP contribution is 2.35. The zero-order valence-electron chi connectivity index (χ0n) is 9.45. The van der Waals surface area contributed by atoms with Crippen LogP contribution in [0.2, 0.25) is 0 Å². The summed E-state index contributed by atoms with van der Waals surface area (Å²) in [6.45, 7) is 0. The number of benzene rings is 1. The molecule has 1 aliphatic rings. The van der Waals surface area contributed by atoms with Gasteiger partial charge in [0.25, 0.3) is 0 Å². The van der Waals surface area contributed by atoms with Gasteiger partial charge in [-0.3, -0.25) is 0 Å². The Hall–Kier alpha value is -1.09. The third-order valence-corrected chi connectivity index (χ3v) is 3.34. The van der Waals surface area contributed by atoms with Crippen molar-refractivity contribution in [2.75, 3.05) is 7.11 Å². The predicted molar refractivity (Wildman–Crippen MR) is 59.9 cm³/mol. The first-order chi connectivity index (χ1) is 7.70. The maximum atomic E-state index is 13.2. The van der Waals surface area contributed by atoms with Crippen LogP contribution in [0.1, 0.15) is 37.4 Å². The number of hydrogen-bond donors (Lipinski definition) is 1. The van der Waals surface area contributed by atoms with Gasteiger partial charge >= 0.3 is 0 Å². The Morgan fingerprint density at radius 2 is 2.25 bits per heavy atom. The second-order valence-electron chi connectivity index (χ2n) is 4.44. The van der Waals surface area contributed by atoms with Gasteiger partial charge in [0.2, 0.25) is 0 Å². The quantitative estimate of drug-likeness (QED) is 0.851. The molecule has 0 saturated heterocycles. The van der Waals surface area contributed by atoms with Crippen molar-refractivity contribution in [2.45, 2.75) is 31.8 Å². The maximum Gasteiger partial charge on any atom is 0.165 e. The smallest absolute Gasteiger partial charge is 0.165 e. The van der Waals surface area contributed by atoms with Crippen LogP contribution in [0.25, 0.3) is 0 Å². The highest BCUT2D eigenvalue weighted by atomic mass is 19.1. The summed E-state index contributed by atoms with van der Waals surface area (Å²) in [7, 11) is 1.43. The van der Waals surface area contributed by atoms with Gasteiger partial charge in [-0.2, -0.15) is 0 Å². The third-order valence-electron chi connectivity index (χ3n) is 3.34. The van der Waals surface area contributed by atoms with Crippen LogP contribution in [0, 0.1) is 11.7 Å². The van der Waals surface area contributed by atoms with Crippen molar-refractivity contribution in [3.63, 3.8) is 0 Å². The lowest BCUT2D eigenvalue weighted by molar-refractivity contribution is 0.118. The summed E-state index contributed by atoms with van der Waals surface area (Å²) in [6.07, 6.45) is 3.95. The van der Waals surface area contributed by atoms with E-state index in [0.717, 1.165) is 12.0 Å². The molecule has 0 heterocycles. The number of methoxy groups -OCH3 is 1. The number of hydrogen-bond acceptors (Lipinski definition) is 2. The average molecular weight is 224 g/mol. The summed E-state index contributed by atoms with van der Waals surface area (Å²) in [5, 5.41) is 9.99. The first-order valence-corrected chi connectivity index (χ1v) is 5.72. The zero-order chi connectivity index (χ0) is 11.5. The van der Waals surface area contributed by atoms with Gasteiger partial charge in [-0.15, -0.1) is 0 Å². The maximum absolute atomic E-state index is 13.2. The van der Waals surface area contributed by atoms with Crippen LogP contribution in [-0.2, 0) is 0 Å². The highest BCUT2D eigenvalue weighted by Gasteiger charge is 2.22. The van der Waals surface area contributed by atoms with Crippen molar-refractivity contribution in [1.82, 2.24) is 0 Å². The summed E-state index contributed by atoms with van der Waals surface area (Å²) < 4.78 is 18.1. The number of rotatable bonds is 4. The van der Waals surface area contributed by atoms with Gasteiger partial charge in [0, 0.05) is 0 Å². The molecule has 0 amide bonds. The molecule has 0 spiro atoms. The molecular weight excluding hydrogens is 207 g/mol. The average Bonchev–Trinajstić information content (AvgIpc) is 2.24. The molecule has 0 aromatic heterocycles. The summed E-state index contributed by atoms with van der Waals surface area (Å²) >= 11 is 0. The van der Waals surface area contributed by atoms with E-state index in [4.69, 9.17) is 4.74 Å². The van der Waals surface area contributed by atoms with Crippen LogP contribution in [0.5, 0.6) is 5.75 Å². The van der Waals surface area contributed by atoms with Crippen molar-refractivity contribution >= 4 is 0 Å². The van der Waals surface area contributed by atoms with E-state index in [-0.39, 0.29) is 11.6 Å². The van der Waals surface area contributed by atoms with E-state index in [1.165, 1.54) is 32.4 Å². The second kappa shape index (κ2) is 4.83. The first-order valence-electron chi connectivity index (χ1n) is 5.72. The molecule has 1 saturated carbocycles. The Bertz CT molecular complexity index is 361. The van der Waals surface area contributed by atoms with E-state index in [2.05, 4.69) is 0 Å². The number of halogens is 1. The fourth-order valence-electron chi connectivity index (χ4n) is 2.06. The normalized spacial score (nSPS) is 17.9. The molecular formula is C13H17FO2. The fraction of sp³-hybridized carbons (Fsp3) is 0.538. The molecule has 1 aromatic rings. The van der Waals surface area contributed by atoms with E-state index < -0.39 is 6.10 Å². The van der Waals surface area contributed by atoms with Crippen LogP contribution in [-0.4, -0.2) is 12.2 Å². The summed E-state index contributed by atoms with van der Waals surface area (Å²) in [5.41, 5.74) is 0.741. The minimum atomic E-state index is -0.500. The Morgan fingerprint density at radius 1 is 1.50 bits per heavy atom. The Kier molecular flexibility index (Phi) is 3.44. The predicted octanol–water partition coefficient (Wildman–Crippen LogP) is 3.06. The molecule has 2 nitrogen and oxygen atoms in total. The molecule has 2 rings (SSSR count). The van der Waals surface area contributed by atoms with Gasteiger partial charge in [-0.05, 0) is 30.0 Å².